The first kappa shape index (κ1) is 17.0. The largest absolute Gasteiger partial charge is 0.496 e. The molecule has 7 heteroatoms. The molecule has 0 aromatic heterocycles. The van der Waals surface area contributed by atoms with Gasteiger partial charge in [0.2, 0.25) is 10.0 Å². The summed E-state index contributed by atoms with van der Waals surface area (Å²) in [6.07, 6.45) is 2.67. The number of nitrogens with zero attached hydrogens (tertiary/aromatic N) is 1. The van der Waals surface area contributed by atoms with Crippen molar-refractivity contribution in [3.63, 3.8) is 0 Å². The fraction of sp³-hybridized carbons (Fsp3) is 0.571. The minimum Gasteiger partial charge on any atom is -0.496 e. The Kier molecular flexibility index (Phi) is 5.50. The summed E-state index contributed by atoms with van der Waals surface area (Å²) in [6.45, 7) is 0. The number of hydrogen-bond acceptors (Lipinski definition) is 4. The zero-order valence-electron chi connectivity index (χ0n) is 12.1. The molecule has 0 amide bonds. The molecule has 0 heterocycles. The third-order valence-corrected chi connectivity index (χ3v) is 6.68. The van der Waals surface area contributed by atoms with Crippen LogP contribution >= 0.6 is 22.6 Å². The van der Waals surface area contributed by atoms with Crippen LogP contribution in [0.5, 0.6) is 5.75 Å². The zero-order valence-corrected chi connectivity index (χ0v) is 15.1. The Labute approximate surface area is 139 Å². The van der Waals surface area contributed by atoms with Gasteiger partial charge >= 0.3 is 0 Å². The van der Waals surface area contributed by atoms with E-state index in [9.17, 15) is 13.5 Å². The van der Waals surface area contributed by atoms with Crippen LogP contribution in [0.1, 0.15) is 25.7 Å². The van der Waals surface area contributed by atoms with Gasteiger partial charge in [-0.25, -0.2) is 8.42 Å². The Morgan fingerprint density at radius 1 is 1.33 bits per heavy atom. The van der Waals surface area contributed by atoms with Crippen LogP contribution in [0.25, 0.3) is 0 Å². The second-order valence-corrected chi connectivity index (χ2v) is 8.40. The quantitative estimate of drug-likeness (QED) is 0.752. The first-order valence-corrected chi connectivity index (χ1v) is 9.39. The van der Waals surface area contributed by atoms with Crippen molar-refractivity contribution < 1.29 is 18.3 Å². The highest BCUT2D eigenvalue weighted by atomic mass is 127. The third-order valence-electron chi connectivity index (χ3n) is 3.96. The molecule has 118 valence electrons. The molecule has 1 aromatic rings. The lowest BCUT2D eigenvalue weighted by Crippen LogP contribution is -2.46. The highest BCUT2D eigenvalue weighted by molar-refractivity contribution is 14.1. The van der Waals surface area contributed by atoms with Crippen LogP contribution in [0.4, 0.5) is 0 Å². The van der Waals surface area contributed by atoms with Crippen molar-refractivity contribution in [1.82, 2.24) is 4.31 Å². The summed E-state index contributed by atoms with van der Waals surface area (Å²) in [6, 6.07) is 4.45. The number of sulfonamides is 1. The molecule has 1 aliphatic carbocycles. The lowest BCUT2D eigenvalue weighted by Gasteiger charge is -2.34. The average Bonchev–Trinajstić information content (AvgIpc) is 2.47. The number of hydrogen-bond donors (Lipinski definition) is 1. The fourth-order valence-corrected chi connectivity index (χ4v) is 5.06. The van der Waals surface area contributed by atoms with Crippen LogP contribution in [0.2, 0.25) is 0 Å². The Morgan fingerprint density at radius 2 is 2.00 bits per heavy atom. The summed E-state index contributed by atoms with van der Waals surface area (Å²) in [5, 5.41) is 10.1. The normalized spacial score (nSPS) is 23.3. The van der Waals surface area contributed by atoms with Gasteiger partial charge in [0.15, 0.2) is 0 Å². The smallest absolute Gasteiger partial charge is 0.243 e. The predicted octanol–water partition coefficient (Wildman–Crippen LogP) is 2.22. The molecule has 1 N–H and O–H groups in total. The van der Waals surface area contributed by atoms with Crippen LogP contribution in [0.15, 0.2) is 23.1 Å². The van der Waals surface area contributed by atoms with Crippen molar-refractivity contribution in [3.05, 3.63) is 21.8 Å². The molecular formula is C14H20INO4S. The molecular weight excluding hydrogens is 405 g/mol. The van der Waals surface area contributed by atoms with Crippen molar-refractivity contribution in [2.24, 2.45) is 0 Å². The maximum Gasteiger partial charge on any atom is 0.243 e. The topological polar surface area (TPSA) is 66.8 Å². The Bertz CT molecular complexity index is 605. The van der Waals surface area contributed by atoms with Crippen molar-refractivity contribution >= 4 is 32.6 Å². The summed E-state index contributed by atoms with van der Waals surface area (Å²) >= 11 is 2.05. The molecule has 21 heavy (non-hydrogen) atoms. The number of benzene rings is 1. The van der Waals surface area contributed by atoms with Gasteiger partial charge in [0.05, 0.1) is 27.7 Å². The minimum absolute atomic E-state index is 0.230. The number of methoxy groups -OCH3 is 1. The lowest BCUT2D eigenvalue weighted by atomic mass is 9.93. The molecule has 1 saturated carbocycles. The zero-order chi connectivity index (χ0) is 15.6. The van der Waals surface area contributed by atoms with E-state index in [4.69, 9.17) is 4.74 Å². The van der Waals surface area contributed by atoms with Gasteiger partial charge in [-0.3, -0.25) is 0 Å². The van der Waals surface area contributed by atoms with Crippen LogP contribution < -0.4 is 4.74 Å². The Hall–Kier alpha value is -0.380. The highest BCUT2D eigenvalue weighted by Crippen LogP contribution is 2.29. The summed E-state index contributed by atoms with van der Waals surface area (Å²) in [5.74, 6) is 0.648. The molecule has 2 atom stereocenters. The van der Waals surface area contributed by atoms with Crippen molar-refractivity contribution in [2.75, 3.05) is 14.2 Å². The van der Waals surface area contributed by atoms with Gasteiger partial charge in [0.25, 0.3) is 0 Å². The first-order valence-electron chi connectivity index (χ1n) is 6.87. The SMILES string of the molecule is COc1ccc(S(=O)(=O)N(C)[C@@H]2CCCC[C@H]2O)cc1I. The van der Waals surface area contributed by atoms with Gasteiger partial charge in [-0.2, -0.15) is 4.31 Å². The first-order chi connectivity index (χ1) is 9.87. The molecule has 0 bridgehead atoms. The highest BCUT2D eigenvalue weighted by Gasteiger charge is 2.34. The van der Waals surface area contributed by atoms with Gasteiger partial charge < -0.3 is 9.84 Å². The van der Waals surface area contributed by atoms with Crippen LogP contribution in [-0.2, 0) is 10.0 Å². The number of ether oxygens (including phenoxy) is 1. The molecule has 1 aliphatic rings. The van der Waals surface area contributed by atoms with Gasteiger partial charge in [-0.1, -0.05) is 12.8 Å². The fourth-order valence-electron chi connectivity index (χ4n) is 2.67. The number of aliphatic hydroxyl groups is 1. The number of likely N-dealkylation sites (N-methyl/N-ethyl adjacent to an activating group) is 1. The summed E-state index contributed by atoms with van der Waals surface area (Å²) < 4.78 is 32.6. The monoisotopic (exact) mass is 425 g/mol. The van der Waals surface area contributed by atoms with Crippen molar-refractivity contribution in [1.29, 1.82) is 0 Å². The number of rotatable bonds is 4. The van der Waals surface area contributed by atoms with Gasteiger partial charge in [0.1, 0.15) is 5.75 Å². The minimum atomic E-state index is -3.61. The predicted molar refractivity (Wildman–Crippen MR) is 88.9 cm³/mol. The van der Waals surface area contributed by atoms with Gasteiger partial charge in [-0.05, 0) is 53.6 Å². The van der Waals surface area contributed by atoms with Crippen LogP contribution in [0.3, 0.4) is 0 Å². The van der Waals surface area contributed by atoms with Gasteiger partial charge in [-0.15, -0.1) is 0 Å². The molecule has 0 spiro atoms. The average molecular weight is 425 g/mol. The summed E-state index contributed by atoms with van der Waals surface area (Å²) in [4.78, 5) is 0.230. The van der Waals surface area contributed by atoms with Gasteiger partial charge in [0, 0.05) is 7.05 Å². The number of aliphatic hydroxyl groups excluding tert-OH is 1. The second kappa shape index (κ2) is 6.80. The molecule has 2 rings (SSSR count). The van der Waals surface area contributed by atoms with Crippen molar-refractivity contribution in [3.8, 4) is 5.75 Å². The van der Waals surface area contributed by atoms with E-state index in [0.29, 0.717) is 18.6 Å². The summed E-state index contributed by atoms with van der Waals surface area (Å²) in [7, 11) is -0.507. The van der Waals surface area contributed by atoms with E-state index in [1.807, 2.05) is 0 Å². The molecule has 1 fully saturated rings. The Morgan fingerprint density at radius 3 is 2.57 bits per heavy atom. The molecule has 0 saturated heterocycles. The standard InChI is InChI=1S/C14H20INO4S/c1-16(12-5-3-4-6-13(12)17)21(18,19)10-7-8-14(20-2)11(15)9-10/h7-9,12-13,17H,3-6H2,1-2H3/t12-,13-/m1/s1. The van der Waals surface area contributed by atoms with Crippen molar-refractivity contribution in [2.45, 2.75) is 42.7 Å². The van der Waals surface area contributed by atoms with E-state index in [1.54, 1.807) is 32.4 Å². The molecule has 0 radical (unpaired) electrons. The molecule has 0 unspecified atom stereocenters. The van der Waals surface area contributed by atoms with E-state index in [2.05, 4.69) is 22.6 Å². The lowest BCUT2D eigenvalue weighted by molar-refractivity contribution is 0.0638. The Balaban J connectivity index is 2.30. The third kappa shape index (κ3) is 3.52. The molecule has 1 aromatic carbocycles. The van der Waals surface area contributed by atoms with E-state index >= 15 is 0 Å². The maximum atomic E-state index is 12.7. The maximum absolute atomic E-state index is 12.7. The van der Waals surface area contributed by atoms with E-state index < -0.39 is 16.1 Å². The van der Waals surface area contributed by atoms with E-state index in [1.165, 1.54) is 4.31 Å². The van der Waals surface area contributed by atoms with E-state index in [0.717, 1.165) is 16.4 Å². The van der Waals surface area contributed by atoms with Crippen LogP contribution in [0, 0.1) is 3.57 Å². The second-order valence-electron chi connectivity index (χ2n) is 5.24. The van der Waals surface area contributed by atoms with E-state index in [-0.39, 0.29) is 10.9 Å². The number of halogens is 1. The summed E-state index contributed by atoms with van der Waals surface area (Å²) in [5.41, 5.74) is 0. The molecule has 0 aliphatic heterocycles. The molecule has 5 nitrogen and oxygen atoms in total. The van der Waals surface area contributed by atoms with Crippen LogP contribution in [-0.4, -0.2) is 44.1 Å².